The number of alkyl halides is 3. The van der Waals surface area contributed by atoms with E-state index in [-0.39, 0.29) is 36.3 Å². The average Bonchev–Trinajstić information content (AvgIpc) is 3.30. The van der Waals surface area contributed by atoms with Crippen LogP contribution in [0.1, 0.15) is 33.6 Å². The van der Waals surface area contributed by atoms with Crippen LogP contribution in [0, 0.1) is 5.82 Å². The molecular weight excluding hydrogens is 544 g/mol. The van der Waals surface area contributed by atoms with Gasteiger partial charge in [0, 0.05) is 43.3 Å². The minimum absolute atomic E-state index is 0.0627. The van der Waals surface area contributed by atoms with Gasteiger partial charge in [-0.3, -0.25) is 9.59 Å². The molecule has 2 aliphatic heterocycles. The monoisotopic (exact) mass is 570 g/mol. The zero-order valence-corrected chi connectivity index (χ0v) is 21.7. The molecule has 210 valence electrons. The summed E-state index contributed by atoms with van der Waals surface area (Å²) in [5.41, 5.74) is 0.808. The number of nitrogens with zero attached hydrogens (tertiary/aromatic N) is 2. The Hall–Kier alpha value is -3.38. The molecule has 2 aromatic carbocycles. The number of esters is 1. The number of amides is 2. The predicted octanol–water partition coefficient (Wildman–Crippen LogP) is 3.40. The Bertz CT molecular complexity index is 1220. The fourth-order valence-corrected chi connectivity index (χ4v) is 5.00. The summed E-state index contributed by atoms with van der Waals surface area (Å²) in [6.07, 6.45) is -5.37. The van der Waals surface area contributed by atoms with Crippen molar-refractivity contribution in [2.24, 2.45) is 0 Å². The third kappa shape index (κ3) is 6.80. The van der Waals surface area contributed by atoms with E-state index in [2.05, 4.69) is 10.6 Å². The molecule has 39 heavy (non-hydrogen) atoms. The van der Waals surface area contributed by atoms with Gasteiger partial charge in [0.25, 0.3) is 11.8 Å². The average molecular weight is 571 g/mol. The topological polar surface area (TPSA) is 91.0 Å². The molecular formula is C26H27ClF4N4O4. The Morgan fingerprint density at radius 2 is 1.69 bits per heavy atom. The molecule has 2 fully saturated rings. The number of anilines is 1. The molecule has 2 aromatic rings. The van der Waals surface area contributed by atoms with E-state index in [4.69, 9.17) is 16.3 Å². The number of benzene rings is 2. The van der Waals surface area contributed by atoms with Crippen molar-refractivity contribution >= 4 is 35.1 Å². The van der Waals surface area contributed by atoms with Gasteiger partial charge in [0.15, 0.2) is 0 Å². The summed E-state index contributed by atoms with van der Waals surface area (Å²) < 4.78 is 57.9. The van der Waals surface area contributed by atoms with E-state index in [0.717, 1.165) is 12.1 Å². The van der Waals surface area contributed by atoms with Gasteiger partial charge in [-0.1, -0.05) is 11.6 Å². The van der Waals surface area contributed by atoms with Crippen LogP contribution in [0.3, 0.4) is 0 Å². The second kappa shape index (κ2) is 11.8. The Morgan fingerprint density at radius 1 is 1.03 bits per heavy atom. The molecule has 0 radical (unpaired) electrons. The number of piperidine rings is 1. The van der Waals surface area contributed by atoms with Gasteiger partial charge in [0.1, 0.15) is 11.9 Å². The molecule has 2 heterocycles. The first-order chi connectivity index (χ1) is 18.5. The molecule has 0 aliphatic carbocycles. The molecule has 0 unspecified atom stereocenters. The van der Waals surface area contributed by atoms with E-state index in [0.29, 0.717) is 36.5 Å². The molecule has 8 nitrogen and oxygen atoms in total. The number of hydrogen-bond donors (Lipinski definition) is 2. The third-order valence-electron chi connectivity index (χ3n) is 6.85. The minimum atomic E-state index is -5.18. The summed E-state index contributed by atoms with van der Waals surface area (Å²) in [5, 5.41) is 6.24. The van der Waals surface area contributed by atoms with Crippen molar-refractivity contribution in [1.82, 2.24) is 15.5 Å². The van der Waals surface area contributed by atoms with Crippen LogP contribution in [-0.4, -0.2) is 80.3 Å². The fraction of sp³-hybridized carbons (Fsp3) is 0.423. The number of likely N-dealkylation sites (tertiary alicyclic amines) is 1. The van der Waals surface area contributed by atoms with Crippen LogP contribution in [0.4, 0.5) is 23.2 Å². The lowest BCUT2D eigenvalue weighted by Gasteiger charge is -2.34. The van der Waals surface area contributed by atoms with Gasteiger partial charge < -0.3 is 25.2 Å². The van der Waals surface area contributed by atoms with E-state index in [1.807, 2.05) is 0 Å². The van der Waals surface area contributed by atoms with Crippen LogP contribution >= 0.6 is 11.6 Å². The van der Waals surface area contributed by atoms with E-state index < -0.39 is 36.0 Å². The maximum Gasteiger partial charge on any atom is 0.490 e. The molecule has 0 spiro atoms. The highest BCUT2D eigenvalue weighted by Gasteiger charge is 2.46. The minimum Gasteiger partial charge on any atom is -0.452 e. The normalized spacial score (nSPS) is 20.2. The van der Waals surface area contributed by atoms with Crippen molar-refractivity contribution in [1.29, 1.82) is 0 Å². The summed E-state index contributed by atoms with van der Waals surface area (Å²) in [5.74, 6) is -3.60. The lowest BCUT2D eigenvalue weighted by molar-refractivity contribution is -0.204. The summed E-state index contributed by atoms with van der Waals surface area (Å²) >= 11 is 5.89. The lowest BCUT2D eigenvalue weighted by Crippen LogP contribution is -2.52. The van der Waals surface area contributed by atoms with Crippen LogP contribution < -0.4 is 15.5 Å². The standard InChI is InChI=1S/C26H27ClF4N4O4/c1-32-23(36)19-7-6-17(28)12-21(19)35-13-20(22(14-35)39-25(38)26(29,30)31)33-18-8-10-34(11-9-18)24(37)15-2-4-16(27)5-3-15/h2-7,12,18,20,22,33H,8-11,13-14H2,1H3,(H,32,36)/t20-,22-/m0/s1. The molecule has 2 atom stereocenters. The zero-order valence-electron chi connectivity index (χ0n) is 20.9. The van der Waals surface area contributed by atoms with Gasteiger partial charge in [-0.25, -0.2) is 9.18 Å². The molecule has 2 saturated heterocycles. The van der Waals surface area contributed by atoms with Gasteiger partial charge in [-0.15, -0.1) is 0 Å². The number of rotatable bonds is 6. The number of hydrogen-bond acceptors (Lipinski definition) is 6. The Kier molecular flexibility index (Phi) is 8.65. The van der Waals surface area contributed by atoms with E-state index in [1.165, 1.54) is 18.0 Å². The van der Waals surface area contributed by atoms with Gasteiger partial charge in [-0.05, 0) is 55.3 Å². The number of carbonyl (C=O) groups is 3. The summed E-state index contributed by atoms with van der Waals surface area (Å²) in [4.78, 5) is 40.0. The molecule has 13 heteroatoms. The molecule has 2 aliphatic rings. The van der Waals surface area contributed by atoms with Crippen molar-refractivity contribution < 1.29 is 36.7 Å². The quantitative estimate of drug-likeness (QED) is 0.409. The van der Waals surface area contributed by atoms with Gasteiger partial charge in [0.2, 0.25) is 0 Å². The molecule has 2 amide bonds. The maximum atomic E-state index is 14.1. The van der Waals surface area contributed by atoms with Crippen molar-refractivity contribution in [3.63, 3.8) is 0 Å². The van der Waals surface area contributed by atoms with Crippen molar-refractivity contribution in [2.75, 3.05) is 38.1 Å². The summed E-state index contributed by atoms with van der Waals surface area (Å²) in [6.45, 7) is 0.703. The second-order valence-corrected chi connectivity index (χ2v) is 9.87. The van der Waals surface area contributed by atoms with E-state index in [9.17, 15) is 31.9 Å². The zero-order chi connectivity index (χ0) is 28.3. The van der Waals surface area contributed by atoms with Crippen molar-refractivity contribution in [3.8, 4) is 0 Å². The maximum absolute atomic E-state index is 14.1. The number of carbonyl (C=O) groups excluding carboxylic acids is 3. The molecule has 0 aromatic heterocycles. The fourth-order valence-electron chi connectivity index (χ4n) is 4.87. The van der Waals surface area contributed by atoms with Crippen LogP contribution in [0.2, 0.25) is 5.02 Å². The van der Waals surface area contributed by atoms with E-state index >= 15 is 0 Å². The summed E-state index contributed by atoms with van der Waals surface area (Å²) in [7, 11) is 1.40. The van der Waals surface area contributed by atoms with Crippen molar-refractivity contribution in [3.05, 3.63) is 64.4 Å². The highest BCUT2D eigenvalue weighted by atomic mass is 35.5. The first kappa shape index (κ1) is 28.6. The van der Waals surface area contributed by atoms with Gasteiger partial charge in [-0.2, -0.15) is 13.2 Å². The molecule has 0 bridgehead atoms. The lowest BCUT2D eigenvalue weighted by atomic mass is 10.0. The van der Waals surface area contributed by atoms with Crippen LogP contribution in [0.15, 0.2) is 42.5 Å². The number of halogens is 5. The second-order valence-electron chi connectivity index (χ2n) is 9.43. The predicted molar refractivity (Wildman–Crippen MR) is 135 cm³/mol. The van der Waals surface area contributed by atoms with Crippen LogP contribution in [0.5, 0.6) is 0 Å². The third-order valence-corrected chi connectivity index (χ3v) is 7.10. The Labute approximate surface area is 227 Å². The molecule has 2 N–H and O–H groups in total. The first-order valence-corrected chi connectivity index (χ1v) is 12.7. The molecule has 0 saturated carbocycles. The molecule has 4 rings (SSSR count). The summed E-state index contributed by atoms with van der Waals surface area (Å²) in [6, 6.07) is 9.15. The van der Waals surface area contributed by atoms with Crippen molar-refractivity contribution in [2.45, 2.75) is 37.2 Å². The first-order valence-electron chi connectivity index (χ1n) is 12.3. The largest absolute Gasteiger partial charge is 0.490 e. The van der Waals surface area contributed by atoms with Crippen LogP contribution in [-0.2, 0) is 9.53 Å². The Balaban J connectivity index is 1.47. The highest BCUT2D eigenvalue weighted by Crippen LogP contribution is 2.29. The number of ether oxygens (including phenoxy) is 1. The highest BCUT2D eigenvalue weighted by molar-refractivity contribution is 6.30. The van der Waals surface area contributed by atoms with Gasteiger partial charge >= 0.3 is 12.1 Å². The van der Waals surface area contributed by atoms with E-state index in [1.54, 1.807) is 29.2 Å². The Morgan fingerprint density at radius 3 is 2.31 bits per heavy atom. The number of nitrogens with one attached hydrogen (secondary N) is 2. The van der Waals surface area contributed by atoms with Crippen LogP contribution in [0.25, 0.3) is 0 Å². The SMILES string of the molecule is CNC(=O)c1ccc(F)cc1N1C[C@H](NC2CCN(C(=O)c3ccc(Cl)cc3)CC2)[C@@H](OC(=O)C(F)(F)F)C1. The smallest absolute Gasteiger partial charge is 0.452 e. The van der Waals surface area contributed by atoms with Gasteiger partial charge in [0.05, 0.1) is 23.8 Å².